The van der Waals surface area contributed by atoms with E-state index in [4.69, 9.17) is 18.9 Å². The molecule has 1 aliphatic heterocycles. The lowest BCUT2D eigenvalue weighted by molar-refractivity contribution is -0.139. The van der Waals surface area contributed by atoms with E-state index in [0.717, 1.165) is 5.56 Å². The molecule has 1 saturated heterocycles. The molecule has 0 N–H and O–H groups in total. The third-order valence-electron chi connectivity index (χ3n) is 3.60. The predicted molar refractivity (Wildman–Crippen MR) is 80.9 cm³/mol. The first kappa shape index (κ1) is 15.7. The number of hydrogen-bond donors (Lipinski definition) is 0. The van der Waals surface area contributed by atoms with E-state index in [9.17, 15) is 4.79 Å². The first-order valence-electron chi connectivity index (χ1n) is 6.34. The minimum Gasteiger partial charge on any atom is -0.493 e. The second-order valence-electron chi connectivity index (χ2n) is 4.69. The topological polar surface area (TPSA) is 54.0 Å². The number of halogens is 1. The highest BCUT2D eigenvalue weighted by Gasteiger charge is 2.39. The zero-order valence-electron chi connectivity index (χ0n) is 12.4. The molecular weight excluding hydrogens is 340 g/mol. The van der Waals surface area contributed by atoms with Gasteiger partial charge in [-0.25, -0.2) is 4.79 Å². The number of cyclic esters (lactones) is 1. The maximum absolute atomic E-state index is 11.7. The molecule has 0 aromatic heterocycles. The van der Waals surface area contributed by atoms with Crippen LogP contribution in [0.2, 0.25) is 0 Å². The Bertz CT molecular complexity index is 596. The highest BCUT2D eigenvalue weighted by molar-refractivity contribution is 9.10. The molecule has 0 radical (unpaired) electrons. The average molecular weight is 357 g/mol. The summed E-state index contributed by atoms with van der Waals surface area (Å²) in [5, 5.41) is 0. The number of methoxy groups -OCH3 is 3. The van der Waals surface area contributed by atoms with Gasteiger partial charge in [-0.05, 0) is 22.0 Å². The Kier molecular flexibility index (Phi) is 4.46. The van der Waals surface area contributed by atoms with Crippen molar-refractivity contribution in [3.63, 3.8) is 0 Å². The van der Waals surface area contributed by atoms with Crippen LogP contribution in [-0.4, -0.2) is 27.3 Å². The molecule has 0 unspecified atom stereocenters. The van der Waals surface area contributed by atoms with Gasteiger partial charge >= 0.3 is 5.97 Å². The molecule has 1 heterocycles. The van der Waals surface area contributed by atoms with Gasteiger partial charge in [-0.1, -0.05) is 13.5 Å². The quantitative estimate of drug-likeness (QED) is 0.612. The van der Waals surface area contributed by atoms with Crippen LogP contribution >= 0.6 is 15.9 Å². The van der Waals surface area contributed by atoms with Crippen LogP contribution in [0.25, 0.3) is 0 Å². The van der Waals surface area contributed by atoms with Crippen molar-refractivity contribution in [2.24, 2.45) is 5.92 Å². The Morgan fingerprint density at radius 1 is 1.19 bits per heavy atom. The zero-order valence-corrected chi connectivity index (χ0v) is 13.9. The minimum absolute atomic E-state index is 0.128. The second kappa shape index (κ2) is 5.97. The highest BCUT2D eigenvalue weighted by atomic mass is 79.9. The maximum Gasteiger partial charge on any atom is 0.334 e. The summed E-state index contributed by atoms with van der Waals surface area (Å²) in [5.41, 5.74) is 1.21. The number of ether oxygens (including phenoxy) is 4. The number of rotatable bonds is 4. The third-order valence-corrected chi connectivity index (χ3v) is 4.42. The molecule has 21 heavy (non-hydrogen) atoms. The molecule has 1 aliphatic rings. The number of carbonyl (C=O) groups is 1. The van der Waals surface area contributed by atoms with Gasteiger partial charge in [0.25, 0.3) is 0 Å². The van der Waals surface area contributed by atoms with Gasteiger partial charge in [0, 0.05) is 17.1 Å². The number of benzene rings is 1. The van der Waals surface area contributed by atoms with E-state index in [0.29, 0.717) is 27.3 Å². The Morgan fingerprint density at radius 3 is 2.24 bits per heavy atom. The lowest BCUT2D eigenvalue weighted by Crippen LogP contribution is -2.08. The molecular formula is C15H17BrO5. The van der Waals surface area contributed by atoms with Gasteiger partial charge in [0.15, 0.2) is 11.5 Å². The third kappa shape index (κ3) is 2.48. The summed E-state index contributed by atoms with van der Waals surface area (Å²) < 4.78 is 22.1. The van der Waals surface area contributed by atoms with E-state index in [1.165, 1.54) is 21.3 Å². The van der Waals surface area contributed by atoms with Crippen molar-refractivity contribution in [1.29, 1.82) is 0 Å². The van der Waals surface area contributed by atoms with Gasteiger partial charge in [-0.15, -0.1) is 0 Å². The molecule has 2 rings (SSSR count). The zero-order chi connectivity index (χ0) is 15.7. The van der Waals surface area contributed by atoms with E-state index < -0.39 is 6.10 Å². The highest BCUT2D eigenvalue weighted by Crippen LogP contribution is 2.50. The van der Waals surface area contributed by atoms with Gasteiger partial charge in [-0.2, -0.15) is 0 Å². The summed E-state index contributed by atoms with van der Waals surface area (Å²) >= 11 is 3.49. The molecule has 2 atom stereocenters. The molecule has 0 amide bonds. The fraction of sp³-hybridized carbons (Fsp3) is 0.400. The molecule has 6 heteroatoms. The Balaban J connectivity index is 2.60. The van der Waals surface area contributed by atoms with Crippen LogP contribution in [0.1, 0.15) is 18.6 Å². The predicted octanol–water partition coefficient (Wildman–Crippen LogP) is 3.27. The largest absolute Gasteiger partial charge is 0.493 e. The molecule has 114 valence electrons. The first-order valence-corrected chi connectivity index (χ1v) is 7.13. The Labute approximate surface area is 132 Å². The van der Waals surface area contributed by atoms with Crippen molar-refractivity contribution in [3.8, 4) is 17.2 Å². The molecule has 1 aromatic carbocycles. The van der Waals surface area contributed by atoms with Crippen LogP contribution in [-0.2, 0) is 9.53 Å². The van der Waals surface area contributed by atoms with Gasteiger partial charge < -0.3 is 18.9 Å². The lowest BCUT2D eigenvalue weighted by Gasteiger charge is -2.21. The molecule has 1 fully saturated rings. The fourth-order valence-corrected chi connectivity index (χ4v) is 3.02. The molecule has 0 saturated carbocycles. The van der Waals surface area contributed by atoms with E-state index >= 15 is 0 Å². The molecule has 1 aromatic rings. The van der Waals surface area contributed by atoms with Crippen molar-refractivity contribution >= 4 is 21.9 Å². The summed E-state index contributed by atoms with van der Waals surface area (Å²) in [6, 6.07) is 1.78. The fourth-order valence-electron chi connectivity index (χ4n) is 2.34. The van der Waals surface area contributed by atoms with Gasteiger partial charge in [0.05, 0.1) is 25.8 Å². The first-order chi connectivity index (χ1) is 9.96. The molecule has 0 aliphatic carbocycles. The number of carbonyl (C=O) groups excluding carboxylic acids is 1. The summed E-state index contributed by atoms with van der Waals surface area (Å²) in [4.78, 5) is 11.7. The molecule has 5 nitrogen and oxygen atoms in total. The summed E-state index contributed by atoms with van der Waals surface area (Å²) in [6.07, 6.45) is -0.437. The van der Waals surface area contributed by atoms with E-state index in [1.807, 2.05) is 6.92 Å². The van der Waals surface area contributed by atoms with Crippen LogP contribution in [0.4, 0.5) is 0 Å². The maximum atomic E-state index is 11.7. The molecule has 0 bridgehead atoms. The van der Waals surface area contributed by atoms with Crippen molar-refractivity contribution in [2.75, 3.05) is 21.3 Å². The normalized spacial score (nSPS) is 21.2. The van der Waals surface area contributed by atoms with Crippen LogP contribution in [0.3, 0.4) is 0 Å². The lowest BCUT2D eigenvalue weighted by atomic mass is 9.94. The van der Waals surface area contributed by atoms with Crippen LogP contribution < -0.4 is 14.2 Å². The smallest absolute Gasteiger partial charge is 0.334 e. The SMILES string of the molecule is C=C1C(=O)O[C@@H](c2cc(OC)c(OC)c(OC)c2Br)[C@H]1C. The van der Waals surface area contributed by atoms with Crippen LogP contribution in [0.15, 0.2) is 22.7 Å². The minimum atomic E-state index is -0.437. The Hall–Kier alpha value is -1.69. The summed E-state index contributed by atoms with van der Waals surface area (Å²) in [7, 11) is 4.61. The van der Waals surface area contributed by atoms with Gasteiger partial charge in [0.1, 0.15) is 6.10 Å². The Morgan fingerprint density at radius 2 is 1.81 bits per heavy atom. The van der Waals surface area contributed by atoms with Crippen molar-refractivity contribution in [1.82, 2.24) is 0 Å². The van der Waals surface area contributed by atoms with Crippen molar-refractivity contribution < 1.29 is 23.7 Å². The number of hydrogen-bond acceptors (Lipinski definition) is 5. The van der Waals surface area contributed by atoms with Crippen LogP contribution in [0.5, 0.6) is 17.2 Å². The van der Waals surface area contributed by atoms with Gasteiger partial charge in [-0.3, -0.25) is 0 Å². The van der Waals surface area contributed by atoms with E-state index in [2.05, 4.69) is 22.5 Å². The standard InChI is InChI=1S/C15H17BrO5/c1-7-8(2)15(17)21-12(7)9-6-10(18-3)13(19-4)14(20-5)11(9)16/h6-7,12H,2H2,1,3-5H3/t7-,12+/m0/s1. The van der Waals surface area contributed by atoms with Crippen LogP contribution in [0, 0.1) is 5.92 Å². The van der Waals surface area contributed by atoms with E-state index in [-0.39, 0.29) is 11.9 Å². The monoisotopic (exact) mass is 356 g/mol. The average Bonchev–Trinajstić information content (AvgIpc) is 2.74. The second-order valence-corrected chi connectivity index (χ2v) is 5.48. The summed E-state index contributed by atoms with van der Waals surface area (Å²) in [6.45, 7) is 5.66. The number of esters is 1. The van der Waals surface area contributed by atoms with Gasteiger partial charge in [0.2, 0.25) is 5.75 Å². The van der Waals surface area contributed by atoms with Crippen molar-refractivity contribution in [2.45, 2.75) is 13.0 Å². The summed E-state index contributed by atoms with van der Waals surface area (Å²) in [5.74, 6) is 0.970. The molecule has 0 spiro atoms. The van der Waals surface area contributed by atoms with E-state index in [1.54, 1.807) is 6.07 Å². The van der Waals surface area contributed by atoms with Crippen molar-refractivity contribution in [3.05, 3.63) is 28.3 Å².